The third-order valence-electron chi connectivity index (χ3n) is 5.89. The van der Waals surface area contributed by atoms with Crippen molar-refractivity contribution in [2.75, 3.05) is 33.3 Å². The number of nitrogens with zero attached hydrogens (tertiary/aromatic N) is 2. The minimum absolute atomic E-state index is 0.101. The number of ether oxygens (including phenoxy) is 1. The molecule has 2 aliphatic rings. The molecule has 3 unspecified atom stereocenters. The molecule has 2 fully saturated rings. The average Bonchev–Trinajstić information content (AvgIpc) is 2.71. The summed E-state index contributed by atoms with van der Waals surface area (Å²) in [4.78, 5) is 12.7. The van der Waals surface area contributed by atoms with E-state index >= 15 is 0 Å². The molecule has 162 valence electrons. The van der Waals surface area contributed by atoms with Crippen molar-refractivity contribution in [2.24, 2.45) is 17.8 Å². The SMILES string of the molecule is COc1ccccc1CNC(=O)C1CCCN(S(=O)(=O)N2CC(C)CC(C)C2)C1. The van der Waals surface area contributed by atoms with Crippen molar-refractivity contribution in [3.05, 3.63) is 29.8 Å². The van der Waals surface area contributed by atoms with E-state index in [9.17, 15) is 13.2 Å². The van der Waals surface area contributed by atoms with Gasteiger partial charge >= 0.3 is 0 Å². The monoisotopic (exact) mass is 423 g/mol. The zero-order chi connectivity index (χ0) is 21.0. The Morgan fingerprint density at radius 3 is 2.52 bits per heavy atom. The summed E-state index contributed by atoms with van der Waals surface area (Å²) in [5, 5.41) is 2.96. The lowest BCUT2D eigenvalue weighted by atomic mass is 9.94. The van der Waals surface area contributed by atoms with E-state index in [4.69, 9.17) is 4.74 Å². The van der Waals surface area contributed by atoms with E-state index < -0.39 is 10.2 Å². The van der Waals surface area contributed by atoms with Crippen molar-refractivity contribution in [1.82, 2.24) is 13.9 Å². The minimum Gasteiger partial charge on any atom is -0.496 e. The van der Waals surface area contributed by atoms with Gasteiger partial charge in [0.05, 0.1) is 13.0 Å². The normalized spacial score (nSPS) is 26.8. The standard InChI is InChI=1S/C21H33N3O4S/c1-16-11-17(2)14-24(13-16)29(26,27)23-10-6-8-19(15-23)21(25)22-12-18-7-4-5-9-20(18)28-3/h4-5,7,9,16-17,19H,6,8,10-15H2,1-3H3,(H,22,25). The molecule has 2 saturated heterocycles. The van der Waals surface area contributed by atoms with Crippen molar-refractivity contribution < 1.29 is 17.9 Å². The molecule has 29 heavy (non-hydrogen) atoms. The summed E-state index contributed by atoms with van der Waals surface area (Å²) in [6.07, 6.45) is 2.46. The number of rotatable bonds is 6. The topological polar surface area (TPSA) is 79.0 Å². The average molecular weight is 424 g/mol. The molecule has 1 N–H and O–H groups in total. The molecular formula is C21H33N3O4S. The van der Waals surface area contributed by atoms with Crippen LogP contribution >= 0.6 is 0 Å². The number of para-hydroxylation sites is 1. The number of methoxy groups -OCH3 is 1. The van der Waals surface area contributed by atoms with Gasteiger partial charge in [-0.1, -0.05) is 32.0 Å². The lowest BCUT2D eigenvalue weighted by Crippen LogP contribution is -2.53. The van der Waals surface area contributed by atoms with Gasteiger partial charge in [0.15, 0.2) is 0 Å². The summed E-state index contributed by atoms with van der Waals surface area (Å²) in [7, 11) is -1.92. The predicted octanol–water partition coefficient (Wildman–Crippen LogP) is 2.25. The van der Waals surface area contributed by atoms with E-state index in [0.29, 0.717) is 50.9 Å². The molecule has 2 aliphatic heterocycles. The van der Waals surface area contributed by atoms with E-state index in [0.717, 1.165) is 17.7 Å². The molecule has 0 aliphatic carbocycles. The van der Waals surface area contributed by atoms with Crippen molar-refractivity contribution in [2.45, 2.75) is 39.7 Å². The van der Waals surface area contributed by atoms with Gasteiger partial charge in [-0.25, -0.2) is 0 Å². The minimum atomic E-state index is -3.53. The number of carbonyl (C=O) groups excluding carboxylic acids is 1. The van der Waals surface area contributed by atoms with Crippen LogP contribution in [0.2, 0.25) is 0 Å². The number of nitrogens with one attached hydrogen (secondary N) is 1. The molecule has 3 atom stereocenters. The second kappa shape index (κ2) is 9.45. The van der Waals surface area contributed by atoms with Gasteiger partial charge in [-0.15, -0.1) is 0 Å². The fourth-order valence-corrected chi connectivity index (χ4v) is 6.44. The fourth-order valence-electron chi connectivity index (χ4n) is 4.50. The molecule has 7 nitrogen and oxygen atoms in total. The molecule has 0 bridgehead atoms. The predicted molar refractivity (Wildman–Crippen MR) is 113 cm³/mol. The number of piperidine rings is 2. The Kier molecular flexibility index (Phi) is 7.19. The molecular weight excluding hydrogens is 390 g/mol. The van der Waals surface area contributed by atoms with Crippen LogP contribution in [0.15, 0.2) is 24.3 Å². The van der Waals surface area contributed by atoms with Crippen molar-refractivity contribution in [3.63, 3.8) is 0 Å². The summed E-state index contributed by atoms with van der Waals surface area (Å²) in [6.45, 7) is 6.43. The molecule has 1 aromatic carbocycles. The largest absolute Gasteiger partial charge is 0.496 e. The first-order valence-electron chi connectivity index (χ1n) is 10.5. The summed E-state index contributed by atoms with van der Waals surface area (Å²) in [5.41, 5.74) is 0.903. The molecule has 2 heterocycles. The van der Waals surface area contributed by atoms with Crippen LogP contribution < -0.4 is 10.1 Å². The third-order valence-corrected chi connectivity index (χ3v) is 7.82. The molecule has 3 rings (SSSR count). The van der Waals surface area contributed by atoms with Crippen LogP contribution in [0.4, 0.5) is 0 Å². The third kappa shape index (κ3) is 5.29. The van der Waals surface area contributed by atoms with Crippen molar-refractivity contribution >= 4 is 16.1 Å². The van der Waals surface area contributed by atoms with Gasteiger partial charge in [-0.3, -0.25) is 4.79 Å². The second-order valence-electron chi connectivity index (χ2n) is 8.50. The van der Waals surface area contributed by atoms with Crippen LogP contribution in [0.25, 0.3) is 0 Å². The van der Waals surface area contributed by atoms with Gasteiger partial charge in [-0.2, -0.15) is 17.0 Å². The lowest BCUT2D eigenvalue weighted by molar-refractivity contribution is -0.126. The second-order valence-corrected chi connectivity index (χ2v) is 10.4. The number of carbonyl (C=O) groups is 1. The van der Waals surface area contributed by atoms with Gasteiger partial charge in [-0.05, 0) is 37.2 Å². The maximum atomic E-state index is 13.2. The molecule has 1 aromatic rings. The van der Waals surface area contributed by atoms with E-state index in [1.165, 1.54) is 4.31 Å². The highest BCUT2D eigenvalue weighted by Crippen LogP contribution is 2.27. The van der Waals surface area contributed by atoms with E-state index in [1.54, 1.807) is 11.4 Å². The summed E-state index contributed by atoms with van der Waals surface area (Å²) in [6, 6.07) is 7.56. The zero-order valence-electron chi connectivity index (χ0n) is 17.6. The van der Waals surface area contributed by atoms with Gasteiger partial charge < -0.3 is 10.1 Å². The zero-order valence-corrected chi connectivity index (χ0v) is 18.5. The quantitative estimate of drug-likeness (QED) is 0.761. The van der Waals surface area contributed by atoms with Gasteiger partial charge in [0.2, 0.25) is 5.91 Å². The van der Waals surface area contributed by atoms with E-state index in [2.05, 4.69) is 19.2 Å². The Bertz CT molecular complexity index is 804. The van der Waals surface area contributed by atoms with Crippen LogP contribution in [0.1, 0.15) is 38.7 Å². The van der Waals surface area contributed by atoms with Crippen LogP contribution in [-0.4, -0.2) is 56.2 Å². The highest BCUT2D eigenvalue weighted by atomic mass is 32.2. The number of hydrogen-bond donors (Lipinski definition) is 1. The molecule has 0 radical (unpaired) electrons. The molecule has 0 saturated carbocycles. The first kappa shape index (κ1) is 22.1. The number of benzene rings is 1. The van der Waals surface area contributed by atoms with Gasteiger partial charge in [0.1, 0.15) is 5.75 Å². The van der Waals surface area contributed by atoms with Crippen LogP contribution in [0.3, 0.4) is 0 Å². The van der Waals surface area contributed by atoms with E-state index in [-0.39, 0.29) is 18.4 Å². The number of hydrogen-bond acceptors (Lipinski definition) is 4. The molecule has 0 aromatic heterocycles. The highest BCUT2D eigenvalue weighted by Gasteiger charge is 2.38. The van der Waals surface area contributed by atoms with Crippen molar-refractivity contribution in [3.8, 4) is 5.75 Å². The summed E-state index contributed by atoms with van der Waals surface area (Å²) >= 11 is 0. The van der Waals surface area contributed by atoms with Gasteiger partial charge in [0.25, 0.3) is 10.2 Å². The molecule has 0 spiro atoms. The fraction of sp³-hybridized carbons (Fsp3) is 0.667. The number of amides is 1. The first-order valence-corrected chi connectivity index (χ1v) is 11.9. The summed E-state index contributed by atoms with van der Waals surface area (Å²) in [5.74, 6) is 1.02. The summed E-state index contributed by atoms with van der Waals surface area (Å²) < 4.78 is 34.8. The Labute approximate surface area is 174 Å². The maximum absolute atomic E-state index is 13.2. The van der Waals surface area contributed by atoms with Gasteiger partial charge in [0, 0.05) is 38.3 Å². The van der Waals surface area contributed by atoms with Crippen LogP contribution in [0.5, 0.6) is 5.75 Å². The van der Waals surface area contributed by atoms with Crippen LogP contribution in [0, 0.1) is 17.8 Å². The highest BCUT2D eigenvalue weighted by molar-refractivity contribution is 7.86. The Hall–Kier alpha value is -1.64. The Morgan fingerprint density at radius 1 is 1.14 bits per heavy atom. The molecule has 1 amide bonds. The van der Waals surface area contributed by atoms with Crippen LogP contribution in [-0.2, 0) is 21.5 Å². The van der Waals surface area contributed by atoms with Crippen molar-refractivity contribution in [1.29, 1.82) is 0 Å². The Balaban J connectivity index is 1.61. The Morgan fingerprint density at radius 2 is 1.83 bits per heavy atom. The van der Waals surface area contributed by atoms with E-state index in [1.807, 2.05) is 24.3 Å². The lowest BCUT2D eigenvalue weighted by Gasteiger charge is -2.39. The first-order chi connectivity index (χ1) is 13.8. The molecule has 8 heteroatoms. The smallest absolute Gasteiger partial charge is 0.282 e. The maximum Gasteiger partial charge on any atom is 0.282 e.